The first-order valence-electron chi connectivity index (χ1n) is 8.54. The molecule has 24 heavy (non-hydrogen) atoms. The van der Waals surface area contributed by atoms with Crippen LogP contribution in [-0.4, -0.2) is 22.7 Å². The summed E-state index contributed by atoms with van der Waals surface area (Å²) in [5.74, 6) is 0.358. The minimum absolute atomic E-state index is 0.0185. The van der Waals surface area contributed by atoms with Gasteiger partial charge >= 0.3 is 0 Å². The quantitative estimate of drug-likeness (QED) is 0.217. The van der Waals surface area contributed by atoms with Gasteiger partial charge in [0.1, 0.15) is 0 Å². The second kappa shape index (κ2) is 8.99. The predicted octanol–water partition coefficient (Wildman–Crippen LogP) is 7.04. The first-order chi connectivity index (χ1) is 10.9. The highest BCUT2D eigenvalue weighted by Crippen LogP contribution is 2.39. The van der Waals surface area contributed by atoms with Crippen LogP contribution < -0.4 is 0 Å². The molecule has 0 aliphatic heterocycles. The summed E-state index contributed by atoms with van der Waals surface area (Å²) >= 11 is 9.04. The third-order valence-corrected chi connectivity index (χ3v) is 6.59. The smallest absolute Gasteiger partial charge is 0.184 e. The van der Waals surface area contributed by atoms with E-state index >= 15 is 0 Å². The van der Waals surface area contributed by atoms with Gasteiger partial charge in [0.2, 0.25) is 0 Å². The van der Waals surface area contributed by atoms with Crippen LogP contribution in [0.4, 0.5) is 0 Å². The summed E-state index contributed by atoms with van der Waals surface area (Å²) in [7, 11) is -3.48. The molecule has 0 bridgehead atoms. The predicted molar refractivity (Wildman–Crippen MR) is 119 cm³/mol. The van der Waals surface area contributed by atoms with Crippen LogP contribution in [0.2, 0.25) is 44.3 Å². The van der Waals surface area contributed by atoms with Crippen molar-refractivity contribution in [2.75, 3.05) is 0 Å². The molecular weight excluding hydrogens is 467 g/mol. The minimum atomic E-state index is -1.77. The minimum Gasteiger partial charge on any atom is -0.412 e. The Bertz CT molecular complexity index is 539. The highest BCUT2D eigenvalue weighted by molar-refractivity contribution is 14.1. The van der Waals surface area contributed by atoms with Crippen molar-refractivity contribution in [1.29, 1.82) is 0 Å². The van der Waals surface area contributed by atoms with Crippen LogP contribution >= 0.6 is 34.2 Å². The molecule has 0 saturated heterocycles. The summed E-state index contributed by atoms with van der Waals surface area (Å²) in [6.45, 7) is 17.8. The fourth-order valence-corrected chi connectivity index (χ4v) is 5.84. The Morgan fingerprint density at radius 2 is 1.54 bits per heavy atom. The van der Waals surface area contributed by atoms with Crippen molar-refractivity contribution in [3.63, 3.8) is 0 Å². The molecule has 6 heteroatoms. The fraction of sp³-hybridized carbons (Fsp3) is 0.667. The molecule has 1 aromatic rings. The molecule has 0 N–H and O–H groups in total. The Labute approximate surface area is 169 Å². The van der Waals surface area contributed by atoms with Crippen LogP contribution in [0, 0.1) is 5.92 Å². The largest absolute Gasteiger partial charge is 0.412 e. The number of alkyl halides is 1. The molecule has 0 fully saturated rings. The number of halogens is 2. The maximum absolute atomic E-state index is 6.66. The van der Waals surface area contributed by atoms with Gasteiger partial charge in [-0.2, -0.15) is 0 Å². The van der Waals surface area contributed by atoms with Gasteiger partial charge in [-0.1, -0.05) is 60.2 Å². The third kappa shape index (κ3) is 7.07. The maximum atomic E-state index is 6.66. The Morgan fingerprint density at radius 1 is 1.00 bits per heavy atom. The highest BCUT2D eigenvalue weighted by atomic mass is 127. The van der Waals surface area contributed by atoms with E-state index in [1.807, 2.05) is 12.1 Å². The number of benzene rings is 1. The molecule has 2 atom stereocenters. The first-order valence-corrected chi connectivity index (χ1v) is 17.3. The van der Waals surface area contributed by atoms with Gasteiger partial charge < -0.3 is 8.85 Å². The van der Waals surface area contributed by atoms with E-state index in [4.69, 9.17) is 20.5 Å². The lowest BCUT2D eigenvalue weighted by molar-refractivity contribution is 0.0136. The van der Waals surface area contributed by atoms with Gasteiger partial charge in [-0.15, -0.1) is 0 Å². The van der Waals surface area contributed by atoms with Crippen molar-refractivity contribution in [2.24, 2.45) is 5.92 Å². The van der Waals surface area contributed by atoms with Gasteiger partial charge in [0.25, 0.3) is 0 Å². The van der Waals surface area contributed by atoms with Crippen molar-refractivity contribution < 1.29 is 8.85 Å². The second-order valence-electron chi connectivity index (χ2n) is 8.54. The summed E-state index contributed by atoms with van der Waals surface area (Å²) in [5, 5.41) is 0.789. The molecule has 0 radical (unpaired) electrons. The zero-order valence-corrected chi connectivity index (χ0v) is 21.2. The Hall–Kier alpha value is 0.594. The van der Waals surface area contributed by atoms with Gasteiger partial charge in [0, 0.05) is 15.0 Å². The van der Waals surface area contributed by atoms with E-state index in [0.29, 0.717) is 5.92 Å². The van der Waals surface area contributed by atoms with Gasteiger partial charge in [-0.25, -0.2) is 0 Å². The van der Waals surface area contributed by atoms with Crippen LogP contribution in [0.1, 0.15) is 31.1 Å². The zero-order valence-electron chi connectivity index (χ0n) is 16.2. The normalized spacial score (nSPS) is 15.6. The molecule has 1 rings (SSSR count). The average molecular weight is 499 g/mol. The zero-order chi connectivity index (χ0) is 18.7. The van der Waals surface area contributed by atoms with E-state index < -0.39 is 16.6 Å². The standard InChI is InChI=1S/C18H32ClIO2Si2/c1-13(2)17(21-23(3,4)5)18(22-24(6,7)8)16-14(12-20)10-9-11-15(16)19/h9-11,13,17-18H,12H2,1-8H3. The molecule has 0 saturated carbocycles. The fourth-order valence-electron chi connectivity index (χ4n) is 2.64. The highest BCUT2D eigenvalue weighted by Gasteiger charge is 2.37. The van der Waals surface area contributed by atoms with Crippen molar-refractivity contribution in [3.8, 4) is 0 Å². The second-order valence-corrected chi connectivity index (χ2v) is 18.6. The van der Waals surface area contributed by atoms with Crippen molar-refractivity contribution in [1.82, 2.24) is 0 Å². The molecule has 0 aliphatic carbocycles. The molecule has 138 valence electrons. The Morgan fingerprint density at radius 3 is 1.96 bits per heavy atom. The lowest BCUT2D eigenvalue weighted by Crippen LogP contribution is -2.43. The van der Waals surface area contributed by atoms with E-state index in [9.17, 15) is 0 Å². The van der Waals surface area contributed by atoms with Crippen molar-refractivity contribution in [2.45, 2.75) is 69.8 Å². The SMILES string of the molecule is CC(C)C(O[Si](C)(C)C)C(O[Si](C)(C)C)c1c(Cl)cccc1CI. The molecule has 0 aliphatic rings. The van der Waals surface area contributed by atoms with Crippen molar-refractivity contribution >= 4 is 50.8 Å². The van der Waals surface area contributed by atoms with Gasteiger partial charge in [0.05, 0.1) is 12.2 Å². The Kier molecular flexibility index (Phi) is 8.48. The van der Waals surface area contributed by atoms with E-state index in [1.165, 1.54) is 5.56 Å². The monoisotopic (exact) mass is 498 g/mol. The van der Waals surface area contributed by atoms with Crippen LogP contribution in [0.15, 0.2) is 18.2 Å². The molecule has 2 unspecified atom stereocenters. The molecule has 0 heterocycles. The summed E-state index contributed by atoms with van der Waals surface area (Å²) in [6, 6.07) is 6.15. The van der Waals surface area contributed by atoms with E-state index in [0.717, 1.165) is 15.0 Å². The maximum Gasteiger partial charge on any atom is 0.184 e. The molecule has 1 aromatic carbocycles. The molecule has 0 amide bonds. The van der Waals surface area contributed by atoms with E-state index in [1.54, 1.807) is 0 Å². The van der Waals surface area contributed by atoms with Crippen molar-refractivity contribution in [3.05, 3.63) is 34.3 Å². The van der Waals surface area contributed by atoms with Crippen LogP contribution in [0.3, 0.4) is 0 Å². The molecule has 0 spiro atoms. The summed E-state index contributed by atoms with van der Waals surface area (Å²) in [4.78, 5) is 0. The lowest BCUT2D eigenvalue weighted by Gasteiger charge is -2.39. The molecule has 2 nitrogen and oxygen atoms in total. The average Bonchev–Trinajstić information content (AvgIpc) is 2.40. The molecular formula is C18H32ClIO2Si2. The molecule has 0 aromatic heterocycles. The summed E-state index contributed by atoms with van der Waals surface area (Å²) in [6.07, 6.45) is -0.0909. The number of hydrogen-bond acceptors (Lipinski definition) is 2. The first kappa shape index (κ1) is 22.6. The number of rotatable bonds is 8. The van der Waals surface area contributed by atoms with Gasteiger partial charge in [-0.3, -0.25) is 0 Å². The van der Waals surface area contributed by atoms with Crippen LogP contribution in [0.25, 0.3) is 0 Å². The van der Waals surface area contributed by atoms with Crippen LogP contribution in [0.5, 0.6) is 0 Å². The van der Waals surface area contributed by atoms with E-state index in [2.05, 4.69) is 81.8 Å². The topological polar surface area (TPSA) is 18.5 Å². The lowest BCUT2D eigenvalue weighted by atomic mass is 9.93. The Balaban J connectivity index is 3.45. The summed E-state index contributed by atoms with van der Waals surface area (Å²) < 4.78 is 14.2. The van der Waals surface area contributed by atoms with E-state index in [-0.39, 0.29) is 12.2 Å². The number of hydrogen-bond donors (Lipinski definition) is 0. The van der Waals surface area contributed by atoms with Crippen LogP contribution in [-0.2, 0) is 13.3 Å². The van der Waals surface area contributed by atoms with Gasteiger partial charge in [-0.05, 0) is 56.8 Å². The third-order valence-electron chi connectivity index (χ3n) is 3.50. The van der Waals surface area contributed by atoms with Gasteiger partial charge in [0.15, 0.2) is 16.6 Å². The summed E-state index contributed by atoms with van der Waals surface area (Å²) in [5.41, 5.74) is 2.36.